The van der Waals surface area contributed by atoms with Crippen molar-refractivity contribution in [1.29, 1.82) is 0 Å². The second-order valence-electron chi connectivity index (χ2n) is 6.62. The Balaban J connectivity index is 1.45. The average Bonchev–Trinajstić information content (AvgIpc) is 3.25. The molecule has 1 aliphatic heterocycles. The van der Waals surface area contributed by atoms with E-state index >= 15 is 0 Å². The summed E-state index contributed by atoms with van der Waals surface area (Å²) in [5.41, 5.74) is 2.44. The number of benzene rings is 1. The summed E-state index contributed by atoms with van der Waals surface area (Å²) in [6, 6.07) is 7.04. The molecule has 1 saturated heterocycles. The van der Waals surface area contributed by atoms with E-state index in [-0.39, 0.29) is 12.3 Å². The molecule has 0 aliphatic carbocycles. The van der Waals surface area contributed by atoms with Gasteiger partial charge < -0.3 is 14.0 Å². The van der Waals surface area contributed by atoms with Gasteiger partial charge in [-0.1, -0.05) is 17.3 Å². The lowest BCUT2D eigenvalue weighted by atomic mass is 10.1. The maximum Gasteiger partial charge on any atom is 0.310 e. The molecule has 28 heavy (non-hydrogen) atoms. The Morgan fingerprint density at radius 1 is 1.21 bits per heavy atom. The van der Waals surface area contributed by atoms with Crippen LogP contribution in [-0.2, 0) is 32.1 Å². The Bertz CT molecular complexity index is 852. The van der Waals surface area contributed by atoms with Crippen molar-refractivity contribution in [1.82, 2.24) is 10.1 Å². The van der Waals surface area contributed by atoms with Crippen LogP contribution in [0.2, 0.25) is 0 Å². The Labute approximate surface area is 162 Å². The summed E-state index contributed by atoms with van der Waals surface area (Å²) in [7, 11) is 0. The first-order valence-electron chi connectivity index (χ1n) is 9.06. The van der Waals surface area contributed by atoms with Gasteiger partial charge in [-0.2, -0.15) is 0 Å². The molecule has 0 unspecified atom stereocenters. The zero-order valence-electron chi connectivity index (χ0n) is 15.9. The Kier molecular flexibility index (Phi) is 6.08. The van der Waals surface area contributed by atoms with Crippen LogP contribution in [0.4, 0.5) is 0 Å². The van der Waals surface area contributed by atoms with Crippen molar-refractivity contribution in [3.8, 4) is 5.75 Å². The average molecular weight is 386 g/mol. The van der Waals surface area contributed by atoms with E-state index in [1.54, 1.807) is 24.3 Å². The molecule has 2 heterocycles. The molecule has 0 N–H and O–H groups in total. The molecule has 148 valence electrons. The second-order valence-corrected chi connectivity index (χ2v) is 6.62. The third kappa shape index (κ3) is 4.76. The molecule has 2 amide bonds. The number of aryl methyl sites for hydroxylation is 2. The highest BCUT2D eigenvalue weighted by Gasteiger charge is 2.26. The number of hydrogen-bond donors (Lipinski definition) is 0. The third-order valence-electron chi connectivity index (χ3n) is 4.57. The molecule has 1 aromatic heterocycles. The molecular weight excluding hydrogens is 364 g/mol. The zero-order valence-corrected chi connectivity index (χ0v) is 15.9. The first-order chi connectivity index (χ1) is 13.4. The van der Waals surface area contributed by atoms with E-state index in [1.165, 1.54) is 0 Å². The largest absolute Gasteiger partial charge is 0.489 e. The molecule has 8 heteroatoms. The van der Waals surface area contributed by atoms with Gasteiger partial charge in [0.2, 0.25) is 5.91 Å². The van der Waals surface area contributed by atoms with Crippen LogP contribution < -0.4 is 4.74 Å². The molecule has 1 aromatic carbocycles. The van der Waals surface area contributed by atoms with Crippen molar-refractivity contribution in [3.63, 3.8) is 0 Å². The van der Waals surface area contributed by atoms with Crippen LogP contribution in [-0.4, -0.2) is 41.0 Å². The van der Waals surface area contributed by atoms with Crippen LogP contribution >= 0.6 is 0 Å². The number of ether oxygens (including phenoxy) is 2. The van der Waals surface area contributed by atoms with Crippen molar-refractivity contribution >= 4 is 17.8 Å². The number of carbonyl (C=O) groups is 3. The van der Waals surface area contributed by atoms with E-state index in [2.05, 4.69) is 5.16 Å². The number of nitrogens with zero attached hydrogens (tertiary/aromatic N) is 2. The van der Waals surface area contributed by atoms with Gasteiger partial charge in [0, 0.05) is 13.0 Å². The van der Waals surface area contributed by atoms with Crippen LogP contribution in [0.15, 0.2) is 28.8 Å². The summed E-state index contributed by atoms with van der Waals surface area (Å²) in [6.45, 7) is 4.01. The fraction of sp³-hybridized carbons (Fsp3) is 0.400. The summed E-state index contributed by atoms with van der Waals surface area (Å²) in [5.74, 6) is 0.165. The number of rotatable bonds is 7. The normalized spacial score (nSPS) is 13.6. The van der Waals surface area contributed by atoms with Gasteiger partial charge in [0.25, 0.3) is 5.91 Å². The molecule has 3 rings (SSSR count). The zero-order chi connectivity index (χ0) is 20.1. The van der Waals surface area contributed by atoms with Crippen molar-refractivity contribution in [3.05, 3.63) is 46.8 Å². The van der Waals surface area contributed by atoms with E-state index in [1.807, 2.05) is 13.8 Å². The Morgan fingerprint density at radius 2 is 1.96 bits per heavy atom. The Morgan fingerprint density at radius 3 is 2.57 bits per heavy atom. The number of aromatic nitrogens is 1. The van der Waals surface area contributed by atoms with Gasteiger partial charge in [-0.15, -0.1) is 0 Å². The first-order valence-corrected chi connectivity index (χ1v) is 9.06. The minimum absolute atomic E-state index is 0.0331. The molecular formula is C20H22N2O6. The topological polar surface area (TPSA) is 98.9 Å². The van der Waals surface area contributed by atoms with Crippen LogP contribution in [0.1, 0.15) is 35.4 Å². The van der Waals surface area contributed by atoms with E-state index in [9.17, 15) is 14.4 Å². The van der Waals surface area contributed by atoms with E-state index in [4.69, 9.17) is 14.0 Å². The van der Waals surface area contributed by atoms with E-state index in [0.717, 1.165) is 27.5 Å². The monoisotopic (exact) mass is 386 g/mol. The molecule has 8 nitrogen and oxygen atoms in total. The number of amides is 2. The minimum atomic E-state index is -0.524. The molecule has 1 aliphatic rings. The van der Waals surface area contributed by atoms with Crippen LogP contribution in [0, 0.1) is 13.8 Å². The summed E-state index contributed by atoms with van der Waals surface area (Å²) in [5, 5.41) is 3.88. The van der Waals surface area contributed by atoms with Crippen LogP contribution in [0.5, 0.6) is 5.75 Å². The molecule has 2 aromatic rings. The molecule has 0 atom stereocenters. The highest BCUT2D eigenvalue weighted by atomic mass is 16.5. The van der Waals surface area contributed by atoms with Gasteiger partial charge >= 0.3 is 5.97 Å². The number of imide groups is 1. The quantitative estimate of drug-likeness (QED) is 0.672. The lowest BCUT2D eigenvalue weighted by Crippen LogP contribution is -2.35. The van der Waals surface area contributed by atoms with Gasteiger partial charge in [0.1, 0.15) is 18.1 Å². The lowest BCUT2D eigenvalue weighted by Gasteiger charge is -2.13. The van der Waals surface area contributed by atoms with Gasteiger partial charge in [-0.05, 0) is 38.0 Å². The van der Waals surface area contributed by atoms with Crippen molar-refractivity contribution in [2.75, 3.05) is 13.2 Å². The number of likely N-dealkylation sites (tertiary alicyclic amines) is 1. The maximum atomic E-state index is 11.9. The summed E-state index contributed by atoms with van der Waals surface area (Å²) >= 11 is 0. The van der Waals surface area contributed by atoms with Gasteiger partial charge in [0.05, 0.1) is 17.7 Å². The lowest BCUT2D eigenvalue weighted by molar-refractivity contribution is -0.154. The fourth-order valence-corrected chi connectivity index (χ4v) is 2.92. The van der Waals surface area contributed by atoms with E-state index in [0.29, 0.717) is 31.7 Å². The predicted octanol–water partition coefficient (Wildman–Crippen LogP) is 2.11. The van der Waals surface area contributed by atoms with Crippen molar-refractivity contribution < 1.29 is 28.4 Å². The highest BCUT2D eigenvalue weighted by Crippen LogP contribution is 2.18. The Hall–Kier alpha value is -3.16. The van der Waals surface area contributed by atoms with Gasteiger partial charge in [-0.25, -0.2) is 0 Å². The fourth-order valence-electron chi connectivity index (χ4n) is 2.92. The van der Waals surface area contributed by atoms with E-state index < -0.39 is 18.5 Å². The third-order valence-corrected chi connectivity index (χ3v) is 4.57. The minimum Gasteiger partial charge on any atom is -0.489 e. The summed E-state index contributed by atoms with van der Waals surface area (Å²) < 4.78 is 15.8. The maximum absolute atomic E-state index is 11.9. The van der Waals surface area contributed by atoms with Gasteiger partial charge in [0.15, 0.2) is 6.61 Å². The molecule has 0 bridgehead atoms. The standard InChI is InChI=1S/C20H22N2O6/c1-13-17(14(2)28-21-13)11-26-16-7-5-15(6-8-16)10-20(25)27-12-19(24)22-9-3-4-18(22)23/h5-8H,3-4,9-12H2,1-2H3. The van der Waals surface area contributed by atoms with Crippen molar-refractivity contribution in [2.45, 2.75) is 39.7 Å². The smallest absolute Gasteiger partial charge is 0.310 e. The first kappa shape index (κ1) is 19.6. The SMILES string of the molecule is Cc1noc(C)c1COc1ccc(CC(=O)OCC(=O)N2CCCC2=O)cc1. The van der Waals surface area contributed by atoms with Crippen molar-refractivity contribution in [2.24, 2.45) is 0 Å². The predicted molar refractivity (Wildman–Crippen MR) is 97.4 cm³/mol. The summed E-state index contributed by atoms with van der Waals surface area (Å²) in [6.07, 6.45) is 1.05. The summed E-state index contributed by atoms with van der Waals surface area (Å²) in [4.78, 5) is 36.4. The van der Waals surface area contributed by atoms with Crippen LogP contribution in [0.3, 0.4) is 0 Å². The molecule has 0 saturated carbocycles. The highest BCUT2D eigenvalue weighted by molar-refractivity contribution is 5.97. The molecule has 0 spiro atoms. The number of carbonyl (C=O) groups excluding carboxylic acids is 3. The number of esters is 1. The molecule has 1 fully saturated rings. The second kappa shape index (κ2) is 8.69. The van der Waals surface area contributed by atoms with Crippen LogP contribution in [0.25, 0.3) is 0 Å². The number of hydrogen-bond acceptors (Lipinski definition) is 7. The van der Waals surface area contributed by atoms with Gasteiger partial charge in [-0.3, -0.25) is 19.3 Å². The molecule has 0 radical (unpaired) electrons.